The van der Waals surface area contributed by atoms with E-state index in [4.69, 9.17) is 4.42 Å². The normalized spacial score (nSPS) is 11.5. The molecule has 0 aliphatic carbocycles. The Labute approximate surface area is 152 Å². The molecule has 0 amide bonds. The summed E-state index contributed by atoms with van der Waals surface area (Å²) < 4.78 is 5.81. The number of nitrogens with zero attached hydrogens (tertiary/aromatic N) is 1. The molecule has 4 aromatic rings. The fourth-order valence-electron chi connectivity index (χ4n) is 3.03. The predicted molar refractivity (Wildman–Crippen MR) is 108 cm³/mol. The number of anilines is 1. The Morgan fingerprint density at radius 1 is 0.885 bits per heavy atom. The molecule has 26 heavy (non-hydrogen) atoms. The van der Waals surface area contributed by atoms with E-state index in [1.54, 1.807) is 6.08 Å². The first-order valence-electron chi connectivity index (χ1n) is 8.53. The van der Waals surface area contributed by atoms with Gasteiger partial charge in [0.15, 0.2) is 5.78 Å². The summed E-state index contributed by atoms with van der Waals surface area (Å²) in [5.74, 6) is -0.0196. The third-order valence-electron chi connectivity index (χ3n) is 4.50. The lowest BCUT2D eigenvalue weighted by atomic mass is 10.1. The van der Waals surface area contributed by atoms with Crippen LogP contribution in [0, 0.1) is 0 Å². The number of para-hydroxylation sites is 1. The van der Waals surface area contributed by atoms with Gasteiger partial charge in [-0.2, -0.15) is 0 Å². The molecule has 1 aromatic heterocycles. The lowest BCUT2D eigenvalue weighted by Crippen LogP contribution is -2.07. The SMILES string of the molecule is CN(C)c1ccc(/C=C/C(=O)c2ccc3oc4ccccc4c3c2)cc1. The van der Waals surface area contributed by atoms with Crippen LogP contribution in [-0.4, -0.2) is 19.9 Å². The smallest absolute Gasteiger partial charge is 0.185 e. The molecule has 0 saturated heterocycles. The third-order valence-corrected chi connectivity index (χ3v) is 4.50. The number of benzene rings is 3. The summed E-state index contributed by atoms with van der Waals surface area (Å²) in [4.78, 5) is 14.6. The molecule has 0 N–H and O–H groups in total. The summed E-state index contributed by atoms with van der Waals surface area (Å²) in [6.45, 7) is 0. The quantitative estimate of drug-likeness (QED) is 0.360. The second-order valence-electron chi connectivity index (χ2n) is 6.49. The highest BCUT2D eigenvalue weighted by Gasteiger charge is 2.09. The van der Waals surface area contributed by atoms with Crippen molar-refractivity contribution in [3.05, 3.63) is 83.9 Å². The maximum atomic E-state index is 12.6. The Bertz CT molecular complexity index is 1120. The van der Waals surface area contributed by atoms with Crippen molar-refractivity contribution < 1.29 is 9.21 Å². The van der Waals surface area contributed by atoms with Crippen molar-refractivity contribution in [1.29, 1.82) is 0 Å². The van der Waals surface area contributed by atoms with Crippen molar-refractivity contribution in [3.8, 4) is 0 Å². The topological polar surface area (TPSA) is 33.5 Å². The van der Waals surface area contributed by atoms with E-state index in [1.807, 2.05) is 91.8 Å². The zero-order valence-corrected chi connectivity index (χ0v) is 14.8. The van der Waals surface area contributed by atoms with Crippen molar-refractivity contribution in [1.82, 2.24) is 0 Å². The van der Waals surface area contributed by atoms with Crippen LogP contribution in [0.5, 0.6) is 0 Å². The van der Waals surface area contributed by atoms with E-state index in [-0.39, 0.29) is 5.78 Å². The van der Waals surface area contributed by atoms with Crippen molar-refractivity contribution >= 4 is 39.5 Å². The number of carbonyl (C=O) groups excluding carboxylic acids is 1. The molecular weight excluding hydrogens is 322 g/mol. The average Bonchev–Trinajstić information content (AvgIpc) is 3.04. The highest BCUT2D eigenvalue weighted by molar-refractivity contribution is 6.12. The first kappa shape index (κ1) is 16.2. The summed E-state index contributed by atoms with van der Waals surface area (Å²) >= 11 is 0. The van der Waals surface area contributed by atoms with Crippen LogP contribution in [0.15, 0.2) is 77.2 Å². The number of allylic oxidation sites excluding steroid dienone is 1. The molecular formula is C23H19NO2. The molecule has 0 atom stereocenters. The van der Waals surface area contributed by atoms with E-state index < -0.39 is 0 Å². The van der Waals surface area contributed by atoms with Crippen molar-refractivity contribution in [3.63, 3.8) is 0 Å². The van der Waals surface area contributed by atoms with Crippen LogP contribution in [-0.2, 0) is 0 Å². The molecule has 1 heterocycles. The van der Waals surface area contributed by atoms with E-state index >= 15 is 0 Å². The molecule has 0 fully saturated rings. The molecule has 0 spiro atoms. The van der Waals surface area contributed by atoms with Crippen LogP contribution >= 0.6 is 0 Å². The number of ketones is 1. The van der Waals surface area contributed by atoms with Gasteiger partial charge in [0.25, 0.3) is 0 Å². The van der Waals surface area contributed by atoms with Crippen molar-refractivity contribution in [2.45, 2.75) is 0 Å². The molecule has 128 valence electrons. The molecule has 0 aliphatic rings. The largest absolute Gasteiger partial charge is 0.456 e. The lowest BCUT2D eigenvalue weighted by molar-refractivity contribution is 0.104. The zero-order valence-electron chi connectivity index (χ0n) is 14.8. The van der Waals surface area contributed by atoms with E-state index in [0.29, 0.717) is 5.56 Å². The summed E-state index contributed by atoms with van der Waals surface area (Å²) in [5.41, 5.74) is 4.42. The molecule has 3 aromatic carbocycles. The summed E-state index contributed by atoms with van der Waals surface area (Å²) in [6.07, 6.45) is 3.47. The van der Waals surface area contributed by atoms with Gasteiger partial charge < -0.3 is 9.32 Å². The van der Waals surface area contributed by atoms with Crippen molar-refractivity contribution in [2.24, 2.45) is 0 Å². The standard InChI is InChI=1S/C23H19NO2/c1-24(2)18-11-7-16(8-12-18)9-13-21(25)17-10-14-23-20(15-17)19-5-3-4-6-22(19)26-23/h3-15H,1-2H3/b13-9+. The Hall–Kier alpha value is -3.33. The first-order chi connectivity index (χ1) is 12.6. The maximum absolute atomic E-state index is 12.6. The van der Waals surface area contributed by atoms with Crippen LogP contribution in [0.3, 0.4) is 0 Å². The zero-order chi connectivity index (χ0) is 18.1. The Kier molecular flexibility index (Phi) is 4.05. The number of rotatable bonds is 4. The molecule has 0 aliphatic heterocycles. The van der Waals surface area contributed by atoms with Gasteiger partial charge in [-0.1, -0.05) is 36.4 Å². The third kappa shape index (κ3) is 3.00. The van der Waals surface area contributed by atoms with Crippen molar-refractivity contribution in [2.75, 3.05) is 19.0 Å². The summed E-state index contributed by atoms with van der Waals surface area (Å²) in [7, 11) is 4.01. The van der Waals surface area contributed by atoms with Crippen LogP contribution < -0.4 is 4.90 Å². The van der Waals surface area contributed by atoms with Gasteiger partial charge in [-0.05, 0) is 48.0 Å². The summed E-state index contributed by atoms with van der Waals surface area (Å²) in [5, 5.41) is 2.00. The van der Waals surface area contributed by atoms with Gasteiger partial charge in [-0.3, -0.25) is 4.79 Å². The van der Waals surface area contributed by atoms with Gasteiger partial charge in [-0.25, -0.2) is 0 Å². The van der Waals surface area contributed by atoms with E-state index in [9.17, 15) is 4.79 Å². The van der Waals surface area contributed by atoms with Gasteiger partial charge in [0, 0.05) is 36.1 Å². The summed E-state index contributed by atoms with van der Waals surface area (Å²) in [6, 6.07) is 21.5. The van der Waals surface area contributed by atoms with Crippen LogP contribution in [0.2, 0.25) is 0 Å². The van der Waals surface area contributed by atoms with Gasteiger partial charge in [0.2, 0.25) is 0 Å². The molecule has 3 nitrogen and oxygen atoms in total. The van der Waals surface area contributed by atoms with Gasteiger partial charge in [-0.15, -0.1) is 0 Å². The first-order valence-corrected chi connectivity index (χ1v) is 8.53. The lowest BCUT2D eigenvalue weighted by Gasteiger charge is -2.11. The fourth-order valence-corrected chi connectivity index (χ4v) is 3.03. The molecule has 0 saturated carbocycles. The average molecular weight is 341 g/mol. The number of hydrogen-bond acceptors (Lipinski definition) is 3. The Morgan fingerprint density at radius 2 is 1.62 bits per heavy atom. The maximum Gasteiger partial charge on any atom is 0.185 e. The minimum Gasteiger partial charge on any atom is -0.456 e. The van der Waals surface area contributed by atoms with Crippen LogP contribution in [0.1, 0.15) is 15.9 Å². The monoisotopic (exact) mass is 341 g/mol. The highest BCUT2D eigenvalue weighted by Crippen LogP contribution is 2.29. The molecule has 0 bridgehead atoms. The van der Waals surface area contributed by atoms with E-state index in [2.05, 4.69) is 0 Å². The minimum absolute atomic E-state index is 0.0196. The number of furan rings is 1. The molecule has 3 heteroatoms. The van der Waals surface area contributed by atoms with E-state index in [1.165, 1.54) is 0 Å². The second-order valence-corrected chi connectivity index (χ2v) is 6.49. The second kappa shape index (κ2) is 6.52. The predicted octanol–water partition coefficient (Wildman–Crippen LogP) is 5.55. The fraction of sp³-hybridized carbons (Fsp3) is 0.0870. The number of carbonyl (C=O) groups is 1. The van der Waals surface area contributed by atoms with Gasteiger partial charge in [0.1, 0.15) is 11.2 Å². The number of hydrogen-bond donors (Lipinski definition) is 0. The minimum atomic E-state index is -0.0196. The van der Waals surface area contributed by atoms with E-state index in [0.717, 1.165) is 33.2 Å². The Balaban J connectivity index is 1.62. The number of fused-ring (bicyclic) bond motifs is 3. The molecule has 4 rings (SSSR count). The highest BCUT2D eigenvalue weighted by atomic mass is 16.3. The van der Waals surface area contributed by atoms with Crippen LogP contribution in [0.25, 0.3) is 28.0 Å². The Morgan fingerprint density at radius 3 is 2.38 bits per heavy atom. The van der Waals surface area contributed by atoms with Gasteiger partial charge >= 0.3 is 0 Å². The van der Waals surface area contributed by atoms with Gasteiger partial charge in [0.05, 0.1) is 0 Å². The molecule has 0 unspecified atom stereocenters. The molecule has 0 radical (unpaired) electrons. The van der Waals surface area contributed by atoms with Crippen LogP contribution in [0.4, 0.5) is 5.69 Å².